The average molecular weight is 371 g/mol. The topological polar surface area (TPSA) is 67.9 Å². The molecule has 1 fully saturated rings. The lowest BCUT2D eigenvalue weighted by Crippen LogP contribution is -2.33. The molecule has 8 heteroatoms. The summed E-state index contributed by atoms with van der Waals surface area (Å²) in [5, 5.41) is 4.10. The minimum atomic E-state index is -0.555. The first-order chi connectivity index (χ1) is 13.1. The van der Waals surface area contributed by atoms with Gasteiger partial charge in [0.15, 0.2) is 5.82 Å². The SMILES string of the molecule is Cc1cnc(-c2nc(C3CCN(Cc4ccc(F)cc4F)CC3)no2)cn1. The quantitative estimate of drug-likeness (QED) is 0.699. The van der Waals surface area contributed by atoms with Crippen LogP contribution in [0.3, 0.4) is 0 Å². The Hall–Kier alpha value is -2.74. The van der Waals surface area contributed by atoms with Gasteiger partial charge in [0.25, 0.3) is 5.89 Å². The van der Waals surface area contributed by atoms with Crippen molar-refractivity contribution >= 4 is 0 Å². The van der Waals surface area contributed by atoms with E-state index in [1.165, 1.54) is 12.1 Å². The van der Waals surface area contributed by atoms with Crippen molar-refractivity contribution in [3.8, 4) is 11.6 Å². The summed E-state index contributed by atoms with van der Waals surface area (Å²) in [5.74, 6) is 0.170. The summed E-state index contributed by atoms with van der Waals surface area (Å²) in [5.41, 5.74) is 1.89. The van der Waals surface area contributed by atoms with Crippen LogP contribution in [0.25, 0.3) is 11.6 Å². The fourth-order valence-corrected chi connectivity index (χ4v) is 3.25. The molecular weight excluding hydrogens is 352 g/mol. The molecular formula is C19H19F2N5O. The van der Waals surface area contributed by atoms with Crippen molar-refractivity contribution in [2.24, 2.45) is 0 Å². The first kappa shape index (κ1) is 17.7. The van der Waals surface area contributed by atoms with Crippen molar-refractivity contribution < 1.29 is 13.3 Å². The highest BCUT2D eigenvalue weighted by molar-refractivity contribution is 5.44. The second-order valence-corrected chi connectivity index (χ2v) is 6.79. The van der Waals surface area contributed by atoms with Crippen molar-refractivity contribution in [3.63, 3.8) is 0 Å². The van der Waals surface area contributed by atoms with E-state index in [1.807, 2.05) is 6.92 Å². The normalized spacial score (nSPS) is 16.0. The summed E-state index contributed by atoms with van der Waals surface area (Å²) in [4.78, 5) is 15.1. The van der Waals surface area contributed by atoms with E-state index < -0.39 is 11.6 Å². The van der Waals surface area contributed by atoms with Gasteiger partial charge in [-0.3, -0.25) is 9.88 Å². The Morgan fingerprint density at radius 3 is 2.67 bits per heavy atom. The lowest BCUT2D eigenvalue weighted by atomic mass is 9.96. The van der Waals surface area contributed by atoms with Gasteiger partial charge in [-0.15, -0.1) is 0 Å². The second-order valence-electron chi connectivity index (χ2n) is 6.79. The molecule has 3 aromatic rings. The number of hydrogen-bond donors (Lipinski definition) is 0. The third kappa shape index (κ3) is 4.00. The molecule has 0 unspecified atom stereocenters. The number of aryl methyl sites for hydroxylation is 1. The maximum Gasteiger partial charge on any atom is 0.278 e. The molecule has 0 bridgehead atoms. The lowest BCUT2D eigenvalue weighted by Gasteiger charge is -2.30. The molecule has 140 valence electrons. The van der Waals surface area contributed by atoms with E-state index in [1.54, 1.807) is 12.4 Å². The predicted molar refractivity (Wildman–Crippen MR) is 93.7 cm³/mol. The molecule has 0 aliphatic carbocycles. The maximum atomic E-state index is 13.8. The summed E-state index contributed by atoms with van der Waals surface area (Å²) in [6.45, 7) is 3.91. The van der Waals surface area contributed by atoms with Crippen LogP contribution >= 0.6 is 0 Å². The number of hydrogen-bond acceptors (Lipinski definition) is 6. The van der Waals surface area contributed by atoms with Gasteiger partial charge in [-0.1, -0.05) is 11.2 Å². The van der Waals surface area contributed by atoms with Crippen LogP contribution in [-0.4, -0.2) is 38.1 Å². The zero-order chi connectivity index (χ0) is 18.8. The molecule has 4 rings (SSSR count). The van der Waals surface area contributed by atoms with Crippen molar-refractivity contribution in [1.82, 2.24) is 25.0 Å². The van der Waals surface area contributed by atoms with E-state index in [2.05, 4.69) is 25.0 Å². The highest BCUT2D eigenvalue weighted by atomic mass is 19.1. The molecule has 3 heterocycles. The average Bonchev–Trinajstić information content (AvgIpc) is 3.15. The van der Waals surface area contributed by atoms with Gasteiger partial charge in [-0.2, -0.15) is 4.98 Å². The Bertz CT molecular complexity index is 920. The number of likely N-dealkylation sites (tertiary alicyclic amines) is 1. The minimum absolute atomic E-state index is 0.190. The van der Waals surface area contributed by atoms with E-state index in [-0.39, 0.29) is 5.92 Å². The second kappa shape index (κ2) is 7.48. The zero-order valence-electron chi connectivity index (χ0n) is 14.9. The van der Waals surface area contributed by atoms with Crippen LogP contribution in [0.5, 0.6) is 0 Å². The first-order valence-corrected chi connectivity index (χ1v) is 8.87. The zero-order valence-corrected chi connectivity index (χ0v) is 14.9. The van der Waals surface area contributed by atoms with Crippen LogP contribution in [0.1, 0.15) is 35.8 Å². The van der Waals surface area contributed by atoms with E-state index in [4.69, 9.17) is 4.52 Å². The largest absolute Gasteiger partial charge is 0.332 e. The Balaban J connectivity index is 1.37. The van der Waals surface area contributed by atoms with Crippen LogP contribution in [-0.2, 0) is 6.54 Å². The fourth-order valence-electron chi connectivity index (χ4n) is 3.25. The summed E-state index contributed by atoms with van der Waals surface area (Å²) in [6, 6.07) is 3.72. The molecule has 0 amide bonds. The third-order valence-corrected chi connectivity index (χ3v) is 4.80. The van der Waals surface area contributed by atoms with Crippen molar-refractivity contribution in [2.75, 3.05) is 13.1 Å². The smallest absolute Gasteiger partial charge is 0.278 e. The molecule has 0 radical (unpaired) electrons. The van der Waals surface area contributed by atoms with Crippen LogP contribution in [0, 0.1) is 18.6 Å². The molecule has 27 heavy (non-hydrogen) atoms. The van der Waals surface area contributed by atoms with Crippen LogP contribution in [0.2, 0.25) is 0 Å². The number of halogens is 2. The Labute approximate surface area is 155 Å². The van der Waals surface area contributed by atoms with Crippen molar-refractivity contribution in [2.45, 2.75) is 32.2 Å². The van der Waals surface area contributed by atoms with Gasteiger partial charge in [-0.05, 0) is 38.9 Å². The molecule has 6 nitrogen and oxygen atoms in total. The molecule has 0 atom stereocenters. The van der Waals surface area contributed by atoms with Crippen LogP contribution in [0.15, 0.2) is 35.1 Å². The molecule has 1 aliphatic rings. The molecule has 0 saturated carbocycles. The molecule has 0 spiro atoms. The van der Waals surface area contributed by atoms with Crippen LogP contribution < -0.4 is 0 Å². The lowest BCUT2D eigenvalue weighted by molar-refractivity contribution is 0.198. The monoisotopic (exact) mass is 371 g/mol. The number of nitrogens with zero attached hydrogens (tertiary/aromatic N) is 5. The van der Waals surface area contributed by atoms with Gasteiger partial charge >= 0.3 is 0 Å². The summed E-state index contributed by atoms with van der Waals surface area (Å²) >= 11 is 0. The summed E-state index contributed by atoms with van der Waals surface area (Å²) < 4.78 is 32.2. The van der Waals surface area contributed by atoms with Crippen LogP contribution in [0.4, 0.5) is 8.78 Å². The predicted octanol–water partition coefficient (Wildman–Crippen LogP) is 3.49. The summed E-state index contributed by atoms with van der Waals surface area (Å²) in [7, 11) is 0. The number of piperidine rings is 1. The van der Waals surface area contributed by atoms with E-state index in [0.717, 1.165) is 37.7 Å². The number of aromatic nitrogens is 4. The van der Waals surface area contributed by atoms with Gasteiger partial charge < -0.3 is 4.52 Å². The summed E-state index contributed by atoms with van der Waals surface area (Å²) in [6.07, 6.45) is 4.97. The Morgan fingerprint density at radius 2 is 1.96 bits per heavy atom. The highest BCUT2D eigenvalue weighted by Crippen LogP contribution is 2.28. The maximum absolute atomic E-state index is 13.8. The molecule has 1 saturated heterocycles. The van der Waals surface area contributed by atoms with Gasteiger partial charge in [0.1, 0.15) is 17.3 Å². The van der Waals surface area contributed by atoms with Crippen molar-refractivity contribution in [1.29, 1.82) is 0 Å². The number of rotatable bonds is 4. The standard InChI is InChI=1S/C19H19F2N5O/c1-12-9-23-17(10-22-12)19-24-18(25-27-19)13-4-6-26(7-5-13)11-14-2-3-15(20)8-16(14)21/h2-3,8-10,13H,4-7,11H2,1H3. The molecule has 1 aromatic carbocycles. The Morgan fingerprint density at radius 1 is 1.15 bits per heavy atom. The van der Waals surface area contributed by atoms with E-state index >= 15 is 0 Å². The Kier molecular flexibility index (Phi) is 4.89. The van der Waals surface area contributed by atoms with E-state index in [0.29, 0.717) is 29.5 Å². The number of benzene rings is 1. The highest BCUT2D eigenvalue weighted by Gasteiger charge is 2.25. The van der Waals surface area contributed by atoms with Gasteiger partial charge in [-0.25, -0.2) is 13.8 Å². The van der Waals surface area contributed by atoms with Gasteiger partial charge in [0, 0.05) is 30.3 Å². The first-order valence-electron chi connectivity index (χ1n) is 8.87. The third-order valence-electron chi connectivity index (χ3n) is 4.80. The molecule has 0 N–H and O–H groups in total. The van der Waals surface area contributed by atoms with Gasteiger partial charge in [0.05, 0.1) is 11.9 Å². The van der Waals surface area contributed by atoms with Gasteiger partial charge in [0.2, 0.25) is 0 Å². The molecule has 1 aliphatic heterocycles. The minimum Gasteiger partial charge on any atom is -0.332 e. The fraction of sp³-hybridized carbons (Fsp3) is 0.368. The van der Waals surface area contributed by atoms with Crippen molar-refractivity contribution in [3.05, 3.63) is 59.3 Å². The van der Waals surface area contributed by atoms with E-state index in [9.17, 15) is 8.78 Å². The molecule has 2 aromatic heterocycles.